The molecule has 114 valence electrons. The van der Waals surface area contributed by atoms with Gasteiger partial charge in [-0.1, -0.05) is 27.7 Å². The van der Waals surface area contributed by atoms with Gasteiger partial charge < -0.3 is 9.80 Å². The average Bonchev–Trinajstić information content (AvgIpc) is 2.40. The number of hydrogen-bond acceptors (Lipinski definition) is 2. The van der Waals surface area contributed by atoms with Gasteiger partial charge in [0.25, 0.3) is 0 Å². The lowest BCUT2D eigenvalue weighted by Crippen LogP contribution is -2.67. The molecule has 20 heavy (non-hydrogen) atoms. The van der Waals surface area contributed by atoms with Gasteiger partial charge in [0.2, 0.25) is 11.8 Å². The van der Waals surface area contributed by atoms with E-state index in [0.717, 1.165) is 38.8 Å². The summed E-state index contributed by atoms with van der Waals surface area (Å²) in [5, 5.41) is 0. The van der Waals surface area contributed by atoms with Gasteiger partial charge >= 0.3 is 0 Å². The number of nitrogens with zero attached hydrogens (tertiary/aromatic N) is 2. The normalized spacial score (nSPS) is 27.5. The lowest BCUT2D eigenvalue weighted by molar-refractivity contribution is -0.166. The predicted molar refractivity (Wildman–Crippen MR) is 79.1 cm³/mol. The summed E-state index contributed by atoms with van der Waals surface area (Å²) in [4.78, 5) is 29.2. The monoisotopic (exact) mass is 280 g/mol. The van der Waals surface area contributed by atoms with Gasteiger partial charge in [-0.3, -0.25) is 9.59 Å². The van der Waals surface area contributed by atoms with Crippen molar-refractivity contribution in [2.24, 2.45) is 11.8 Å². The molecule has 2 amide bonds. The second-order valence-corrected chi connectivity index (χ2v) is 6.95. The molecule has 2 rings (SSSR count). The zero-order chi connectivity index (χ0) is 14.9. The molecule has 2 unspecified atom stereocenters. The second-order valence-electron chi connectivity index (χ2n) is 6.95. The third kappa shape index (κ3) is 2.84. The maximum atomic E-state index is 12.8. The number of amides is 2. The molecule has 0 aliphatic carbocycles. The summed E-state index contributed by atoms with van der Waals surface area (Å²) in [7, 11) is 0. The number of rotatable bonds is 4. The molecule has 2 aliphatic rings. The van der Waals surface area contributed by atoms with Crippen molar-refractivity contribution < 1.29 is 9.59 Å². The van der Waals surface area contributed by atoms with Gasteiger partial charge in [-0.05, 0) is 37.5 Å². The summed E-state index contributed by atoms with van der Waals surface area (Å²) >= 11 is 0. The zero-order valence-electron chi connectivity index (χ0n) is 13.3. The van der Waals surface area contributed by atoms with Crippen LogP contribution in [0.25, 0.3) is 0 Å². The molecule has 0 aromatic heterocycles. The fraction of sp³-hybridized carbons (Fsp3) is 0.875. The third-order valence-electron chi connectivity index (χ3n) is 4.52. The summed E-state index contributed by atoms with van der Waals surface area (Å²) in [6.07, 6.45) is 3.90. The third-order valence-corrected chi connectivity index (χ3v) is 4.52. The van der Waals surface area contributed by atoms with Crippen LogP contribution < -0.4 is 0 Å². The van der Waals surface area contributed by atoms with Crippen molar-refractivity contribution in [3.05, 3.63) is 0 Å². The highest BCUT2D eigenvalue weighted by molar-refractivity contribution is 5.97. The lowest BCUT2D eigenvalue weighted by Gasteiger charge is -2.48. The van der Waals surface area contributed by atoms with Crippen molar-refractivity contribution in [1.82, 2.24) is 9.80 Å². The highest BCUT2D eigenvalue weighted by Gasteiger charge is 2.47. The van der Waals surface area contributed by atoms with Gasteiger partial charge in [0, 0.05) is 13.1 Å². The molecule has 2 heterocycles. The topological polar surface area (TPSA) is 40.6 Å². The minimum absolute atomic E-state index is 0.174. The van der Waals surface area contributed by atoms with Crippen LogP contribution in [0.5, 0.6) is 0 Å². The van der Waals surface area contributed by atoms with Crippen molar-refractivity contribution >= 4 is 11.8 Å². The summed E-state index contributed by atoms with van der Waals surface area (Å²) in [6.45, 7) is 9.89. The van der Waals surface area contributed by atoms with Crippen molar-refractivity contribution in [3.8, 4) is 0 Å². The molecule has 2 saturated heterocycles. The molecular weight excluding hydrogens is 252 g/mol. The van der Waals surface area contributed by atoms with E-state index in [4.69, 9.17) is 0 Å². The van der Waals surface area contributed by atoms with Gasteiger partial charge in [0.15, 0.2) is 0 Å². The highest BCUT2D eigenvalue weighted by atomic mass is 16.2. The first-order valence-corrected chi connectivity index (χ1v) is 8.04. The summed E-state index contributed by atoms with van der Waals surface area (Å²) < 4.78 is 0. The predicted octanol–water partition coefficient (Wildman–Crippen LogP) is 2.28. The maximum Gasteiger partial charge on any atom is 0.246 e. The van der Waals surface area contributed by atoms with E-state index < -0.39 is 0 Å². The van der Waals surface area contributed by atoms with Crippen LogP contribution in [0.1, 0.15) is 53.4 Å². The fourth-order valence-corrected chi connectivity index (χ4v) is 3.38. The summed E-state index contributed by atoms with van der Waals surface area (Å²) in [5.74, 6) is 1.09. The molecule has 0 aromatic rings. The minimum atomic E-state index is -0.254. The van der Waals surface area contributed by atoms with Gasteiger partial charge in [-0.15, -0.1) is 0 Å². The smallest absolute Gasteiger partial charge is 0.246 e. The van der Waals surface area contributed by atoms with Crippen LogP contribution in [0.15, 0.2) is 0 Å². The number of carbonyl (C=O) groups excluding carboxylic acids is 2. The van der Waals surface area contributed by atoms with E-state index in [9.17, 15) is 9.59 Å². The van der Waals surface area contributed by atoms with Crippen molar-refractivity contribution in [2.45, 2.75) is 65.5 Å². The molecule has 0 bridgehead atoms. The van der Waals surface area contributed by atoms with Crippen LogP contribution >= 0.6 is 0 Å². The van der Waals surface area contributed by atoms with Gasteiger partial charge in [-0.25, -0.2) is 0 Å². The SMILES string of the molecule is CC(C)CCN1C(=O)C2CCCCN2C(=O)C1C(C)C. The first-order valence-electron chi connectivity index (χ1n) is 8.04. The molecule has 2 atom stereocenters. The molecule has 0 radical (unpaired) electrons. The Morgan fingerprint density at radius 2 is 1.80 bits per heavy atom. The molecular formula is C16H28N2O2. The molecule has 0 spiro atoms. The largest absolute Gasteiger partial charge is 0.329 e. The maximum absolute atomic E-state index is 12.8. The van der Waals surface area contributed by atoms with Crippen LogP contribution in [0.4, 0.5) is 0 Å². The highest BCUT2D eigenvalue weighted by Crippen LogP contribution is 2.29. The van der Waals surface area contributed by atoms with Crippen molar-refractivity contribution in [2.75, 3.05) is 13.1 Å². The number of hydrogen-bond donors (Lipinski definition) is 0. The Kier molecular flexibility index (Phi) is 4.71. The molecule has 4 heteroatoms. The van der Waals surface area contributed by atoms with E-state index >= 15 is 0 Å². The minimum Gasteiger partial charge on any atom is -0.329 e. The quantitative estimate of drug-likeness (QED) is 0.792. The first kappa shape index (κ1) is 15.3. The Morgan fingerprint density at radius 3 is 2.40 bits per heavy atom. The van der Waals surface area contributed by atoms with Crippen molar-refractivity contribution in [1.29, 1.82) is 0 Å². The van der Waals surface area contributed by atoms with Crippen LogP contribution in [0.3, 0.4) is 0 Å². The molecule has 2 fully saturated rings. The summed E-state index contributed by atoms with van der Waals surface area (Å²) in [5.41, 5.74) is 0. The molecule has 2 aliphatic heterocycles. The Bertz CT molecular complexity index is 379. The molecule has 0 saturated carbocycles. The number of piperazine rings is 1. The zero-order valence-corrected chi connectivity index (χ0v) is 13.3. The second kappa shape index (κ2) is 6.15. The Morgan fingerprint density at radius 1 is 1.10 bits per heavy atom. The number of fused-ring (bicyclic) bond motifs is 1. The van der Waals surface area contributed by atoms with E-state index in [-0.39, 0.29) is 29.8 Å². The van der Waals surface area contributed by atoms with E-state index in [1.54, 1.807) is 0 Å². The average molecular weight is 280 g/mol. The lowest BCUT2D eigenvalue weighted by atomic mass is 9.90. The van der Waals surface area contributed by atoms with Crippen LogP contribution in [0, 0.1) is 11.8 Å². The van der Waals surface area contributed by atoms with E-state index in [1.807, 2.05) is 23.6 Å². The van der Waals surface area contributed by atoms with Crippen LogP contribution in [-0.2, 0) is 9.59 Å². The first-order chi connectivity index (χ1) is 9.43. The molecule has 0 N–H and O–H groups in total. The van der Waals surface area contributed by atoms with Crippen molar-refractivity contribution in [3.63, 3.8) is 0 Å². The Balaban J connectivity index is 2.22. The van der Waals surface area contributed by atoms with E-state index in [2.05, 4.69) is 13.8 Å². The fourth-order valence-electron chi connectivity index (χ4n) is 3.38. The van der Waals surface area contributed by atoms with Gasteiger partial charge in [0.05, 0.1) is 0 Å². The molecule has 0 aromatic carbocycles. The Hall–Kier alpha value is -1.06. The summed E-state index contributed by atoms with van der Waals surface area (Å²) in [6, 6.07) is -0.436. The van der Waals surface area contributed by atoms with E-state index in [0.29, 0.717) is 5.92 Å². The van der Waals surface area contributed by atoms with Crippen LogP contribution in [-0.4, -0.2) is 46.8 Å². The van der Waals surface area contributed by atoms with E-state index in [1.165, 1.54) is 0 Å². The Labute approximate surface area is 122 Å². The molecule has 4 nitrogen and oxygen atoms in total. The van der Waals surface area contributed by atoms with Gasteiger partial charge in [-0.2, -0.15) is 0 Å². The number of carbonyl (C=O) groups is 2. The van der Waals surface area contributed by atoms with Gasteiger partial charge in [0.1, 0.15) is 12.1 Å². The number of piperidine rings is 1. The van der Waals surface area contributed by atoms with Crippen LogP contribution in [0.2, 0.25) is 0 Å². The standard InChI is InChI=1S/C16H28N2O2/c1-11(2)8-10-18-14(12(3)4)16(20)17-9-6-5-7-13(17)15(18)19/h11-14H,5-10H2,1-4H3.